The predicted molar refractivity (Wildman–Crippen MR) is 93.0 cm³/mol. The second-order valence-electron chi connectivity index (χ2n) is 6.86. The lowest BCUT2D eigenvalue weighted by Gasteiger charge is -2.24. The van der Waals surface area contributed by atoms with E-state index in [1.807, 2.05) is 63.8 Å². The molecule has 2 N–H and O–H groups in total. The van der Waals surface area contributed by atoms with Gasteiger partial charge in [-0.3, -0.25) is 14.5 Å². The van der Waals surface area contributed by atoms with Crippen molar-refractivity contribution in [3.63, 3.8) is 0 Å². The quantitative estimate of drug-likeness (QED) is 0.806. The van der Waals surface area contributed by atoms with Gasteiger partial charge in [-0.05, 0) is 39.8 Å². The van der Waals surface area contributed by atoms with Crippen LogP contribution in [0.2, 0.25) is 0 Å². The number of nitrogens with zero attached hydrogens (tertiary/aromatic N) is 1. The molecule has 0 aliphatic heterocycles. The highest BCUT2D eigenvalue weighted by molar-refractivity contribution is 5.81. The number of carbonyl (C=O) groups is 2. The summed E-state index contributed by atoms with van der Waals surface area (Å²) in [6.07, 6.45) is 0. The number of benzene rings is 1. The molecule has 23 heavy (non-hydrogen) atoms. The SMILES string of the molecule is CCN(CC(=O)NCc1ccc(C)cc1)CC(=O)NC(C)(C)C. The topological polar surface area (TPSA) is 61.4 Å². The van der Waals surface area contributed by atoms with Crippen molar-refractivity contribution >= 4 is 11.8 Å². The number of likely N-dealkylation sites (N-methyl/N-ethyl adjacent to an activating group) is 1. The molecule has 1 aromatic carbocycles. The smallest absolute Gasteiger partial charge is 0.234 e. The van der Waals surface area contributed by atoms with Crippen LogP contribution >= 0.6 is 0 Å². The van der Waals surface area contributed by atoms with E-state index in [-0.39, 0.29) is 30.4 Å². The first-order chi connectivity index (χ1) is 10.7. The van der Waals surface area contributed by atoms with Gasteiger partial charge in [-0.2, -0.15) is 0 Å². The van der Waals surface area contributed by atoms with Crippen LogP contribution in [0.3, 0.4) is 0 Å². The van der Waals surface area contributed by atoms with Crippen LogP contribution in [-0.2, 0) is 16.1 Å². The molecule has 0 saturated carbocycles. The summed E-state index contributed by atoms with van der Waals surface area (Å²) in [5.41, 5.74) is 2.00. The van der Waals surface area contributed by atoms with Crippen molar-refractivity contribution in [3.8, 4) is 0 Å². The summed E-state index contributed by atoms with van der Waals surface area (Å²) in [7, 11) is 0. The van der Waals surface area contributed by atoms with Gasteiger partial charge >= 0.3 is 0 Å². The first-order valence-corrected chi connectivity index (χ1v) is 8.05. The van der Waals surface area contributed by atoms with Crippen LogP contribution in [0.1, 0.15) is 38.8 Å². The summed E-state index contributed by atoms with van der Waals surface area (Å²) in [6, 6.07) is 8.06. The summed E-state index contributed by atoms with van der Waals surface area (Å²) in [5, 5.41) is 5.80. The zero-order valence-corrected chi connectivity index (χ0v) is 14.9. The lowest BCUT2D eigenvalue weighted by Crippen LogP contribution is -2.47. The predicted octanol–water partition coefficient (Wildman–Crippen LogP) is 1.85. The van der Waals surface area contributed by atoms with E-state index in [4.69, 9.17) is 0 Å². The zero-order valence-electron chi connectivity index (χ0n) is 14.9. The average Bonchev–Trinajstić information content (AvgIpc) is 2.44. The van der Waals surface area contributed by atoms with Crippen molar-refractivity contribution in [1.29, 1.82) is 0 Å². The number of rotatable bonds is 7. The molecular formula is C18H29N3O2. The van der Waals surface area contributed by atoms with Crippen LogP contribution in [0.5, 0.6) is 0 Å². The van der Waals surface area contributed by atoms with Gasteiger partial charge in [0.1, 0.15) is 0 Å². The number of aryl methyl sites for hydroxylation is 1. The minimum absolute atomic E-state index is 0.0642. The van der Waals surface area contributed by atoms with Crippen molar-refractivity contribution in [1.82, 2.24) is 15.5 Å². The van der Waals surface area contributed by atoms with Gasteiger partial charge in [0.15, 0.2) is 0 Å². The van der Waals surface area contributed by atoms with Crippen molar-refractivity contribution in [3.05, 3.63) is 35.4 Å². The summed E-state index contributed by atoms with van der Waals surface area (Å²) in [6.45, 7) is 11.4. The number of hydrogen-bond acceptors (Lipinski definition) is 3. The fourth-order valence-electron chi connectivity index (χ4n) is 2.11. The van der Waals surface area contributed by atoms with Crippen molar-refractivity contribution < 1.29 is 9.59 Å². The molecule has 1 aromatic rings. The molecule has 2 amide bonds. The Morgan fingerprint density at radius 2 is 1.61 bits per heavy atom. The normalized spacial score (nSPS) is 11.4. The Hall–Kier alpha value is -1.88. The molecule has 0 radical (unpaired) electrons. The van der Waals surface area contributed by atoms with Crippen LogP contribution in [0, 0.1) is 6.92 Å². The molecular weight excluding hydrogens is 290 g/mol. The maximum absolute atomic E-state index is 12.0. The third-order valence-corrected chi connectivity index (χ3v) is 3.31. The van der Waals surface area contributed by atoms with E-state index in [9.17, 15) is 9.59 Å². The van der Waals surface area contributed by atoms with Crippen LogP contribution < -0.4 is 10.6 Å². The van der Waals surface area contributed by atoms with Gasteiger partial charge in [0.05, 0.1) is 13.1 Å². The Bertz CT molecular complexity index is 518. The molecule has 0 saturated heterocycles. The third-order valence-electron chi connectivity index (χ3n) is 3.31. The van der Waals surface area contributed by atoms with Gasteiger partial charge in [-0.25, -0.2) is 0 Å². The lowest BCUT2D eigenvalue weighted by molar-refractivity contribution is -0.125. The van der Waals surface area contributed by atoms with E-state index in [0.29, 0.717) is 13.1 Å². The van der Waals surface area contributed by atoms with E-state index in [2.05, 4.69) is 10.6 Å². The van der Waals surface area contributed by atoms with Gasteiger partial charge in [-0.15, -0.1) is 0 Å². The van der Waals surface area contributed by atoms with E-state index in [1.165, 1.54) is 5.56 Å². The second-order valence-corrected chi connectivity index (χ2v) is 6.86. The Labute approximate surface area is 139 Å². The number of amides is 2. The summed E-state index contributed by atoms with van der Waals surface area (Å²) in [4.78, 5) is 25.8. The van der Waals surface area contributed by atoms with Crippen LogP contribution in [0.25, 0.3) is 0 Å². The molecule has 0 atom stereocenters. The summed E-state index contributed by atoms with van der Waals surface area (Å²) >= 11 is 0. The van der Waals surface area contributed by atoms with Crippen molar-refractivity contribution in [2.45, 2.75) is 46.7 Å². The molecule has 0 aromatic heterocycles. The number of hydrogen-bond donors (Lipinski definition) is 2. The number of nitrogens with one attached hydrogen (secondary N) is 2. The van der Waals surface area contributed by atoms with E-state index in [1.54, 1.807) is 0 Å². The Morgan fingerprint density at radius 1 is 1.04 bits per heavy atom. The molecule has 5 nitrogen and oxygen atoms in total. The fourth-order valence-corrected chi connectivity index (χ4v) is 2.11. The molecule has 0 aliphatic carbocycles. The van der Waals surface area contributed by atoms with Gasteiger partial charge in [-0.1, -0.05) is 36.8 Å². The van der Waals surface area contributed by atoms with E-state index < -0.39 is 0 Å². The molecule has 0 aliphatic rings. The lowest BCUT2D eigenvalue weighted by atomic mass is 10.1. The second kappa shape index (κ2) is 8.67. The largest absolute Gasteiger partial charge is 0.351 e. The Balaban J connectivity index is 2.40. The monoisotopic (exact) mass is 319 g/mol. The molecule has 128 valence electrons. The minimum atomic E-state index is -0.260. The van der Waals surface area contributed by atoms with Crippen LogP contribution in [-0.4, -0.2) is 41.9 Å². The standard InChI is InChI=1S/C18H29N3O2/c1-6-21(13-17(23)20-18(3,4)5)12-16(22)19-11-15-9-7-14(2)8-10-15/h7-10H,6,11-13H2,1-5H3,(H,19,22)(H,20,23). The Kier molecular flexibility index (Phi) is 7.23. The van der Waals surface area contributed by atoms with Gasteiger partial charge in [0, 0.05) is 12.1 Å². The first-order valence-electron chi connectivity index (χ1n) is 8.05. The number of carbonyl (C=O) groups excluding carboxylic acids is 2. The molecule has 0 spiro atoms. The van der Waals surface area contributed by atoms with Gasteiger partial charge in [0.25, 0.3) is 0 Å². The van der Waals surface area contributed by atoms with Gasteiger partial charge < -0.3 is 10.6 Å². The minimum Gasteiger partial charge on any atom is -0.351 e. The fraction of sp³-hybridized carbons (Fsp3) is 0.556. The first kappa shape index (κ1) is 19.2. The third kappa shape index (κ3) is 8.35. The Morgan fingerprint density at radius 3 is 2.13 bits per heavy atom. The highest BCUT2D eigenvalue weighted by Crippen LogP contribution is 2.02. The maximum atomic E-state index is 12.0. The summed E-state index contributed by atoms with van der Waals surface area (Å²) < 4.78 is 0. The zero-order chi connectivity index (χ0) is 17.5. The molecule has 1 rings (SSSR count). The maximum Gasteiger partial charge on any atom is 0.234 e. The van der Waals surface area contributed by atoms with Crippen LogP contribution in [0.15, 0.2) is 24.3 Å². The molecule has 0 bridgehead atoms. The molecule has 5 heteroatoms. The van der Waals surface area contributed by atoms with Crippen molar-refractivity contribution in [2.75, 3.05) is 19.6 Å². The van der Waals surface area contributed by atoms with Crippen LogP contribution in [0.4, 0.5) is 0 Å². The molecule has 0 unspecified atom stereocenters. The van der Waals surface area contributed by atoms with Gasteiger partial charge in [0.2, 0.25) is 11.8 Å². The highest BCUT2D eigenvalue weighted by atomic mass is 16.2. The van der Waals surface area contributed by atoms with E-state index in [0.717, 1.165) is 5.56 Å². The van der Waals surface area contributed by atoms with E-state index >= 15 is 0 Å². The highest BCUT2D eigenvalue weighted by Gasteiger charge is 2.17. The molecule has 0 fully saturated rings. The average molecular weight is 319 g/mol. The molecule has 0 heterocycles. The van der Waals surface area contributed by atoms with Crippen molar-refractivity contribution in [2.24, 2.45) is 0 Å². The summed E-state index contributed by atoms with van der Waals surface area (Å²) in [5.74, 6) is -0.137.